The van der Waals surface area contributed by atoms with E-state index in [-0.39, 0.29) is 10.8 Å². The van der Waals surface area contributed by atoms with E-state index in [0.717, 1.165) is 6.54 Å². The summed E-state index contributed by atoms with van der Waals surface area (Å²) in [7, 11) is 2.22. The van der Waals surface area contributed by atoms with Crippen molar-refractivity contribution in [3.8, 4) is 0 Å². The second-order valence-electron chi connectivity index (χ2n) is 7.15. The zero-order chi connectivity index (χ0) is 13.7. The van der Waals surface area contributed by atoms with Crippen molar-refractivity contribution in [3.05, 3.63) is 27.7 Å². The van der Waals surface area contributed by atoms with E-state index in [0.29, 0.717) is 0 Å². The van der Waals surface area contributed by atoms with Crippen molar-refractivity contribution in [2.75, 3.05) is 18.5 Å². The van der Waals surface area contributed by atoms with Crippen molar-refractivity contribution in [1.82, 2.24) is 0 Å². The van der Waals surface area contributed by atoms with Crippen LogP contribution in [0.25, 0.3) is 0 Å². The molecule has 0 fully saturated rings. The van der Waals surface area contributed by atoms with Crippen LogP contribution in [-0.2, 0) is 10.8 Å². The molecule has 1 aromatic carbocycles. The van der Waals surface area contributed by atoms with Crippen LogP contribution >= 0.6 is 15.9 Å². The average molecular weight is 310 g/mol. The Labute approximate surface area is 120 Å². The fraction of sp³-hybridized carbons (Fsp3) is 0.625. The van der Waals surface area contributed by atoms with Crippen LogP contribution in [0, 0.1) is 0 Å². The molecular formula is C16H24BrN. The summed E-state index contributed by atoms with van der Waals surface area (Å²) >= 11 is 3.69. The molecule has 0 unspecified atom stereocenters. The average Bonchev–Trinajstić information content (AvgIpc) is 2.22. The van der Waals surface area contributed by atoms with E-state index in [9.17, 15) is 0 Å². The maximum Gasteiger partial charge on any atom is 0.0440 e. The van der Waals surface area contributed by atoms with Crippen LogP contribution in [0.1, 0.15) is 52.2 Å². The van der Waals surface area contributed by atoms with E-state index in [1.807, 2.05) is 0 Å². The third-order valence-corrected chi connectivity index (χ3v) is 4.52. The van der Waals surface area contributed by atoms with Crippen molar-refractivity contribution in [3.63, 3.8) is 0 Å². The molecular weight excluding hydrogens is 286 g/mol. The number of nitrogens with zero attached hydrogens (tertiary/aromatic N) is 1. The lowest BCUT2D eigenvalue weighted by Crippen LogP contribution is -2.37. The van der Waals surface area contributed by atoms with Crippen LogP contribution in [0.5, 0.6) is 0 Å². The Morgan fingerprint density at radius 1 is 1.22 bits per heavy atom. The molecule has 2 rings (SSSR count). The summed E-state index contributed by atoms with van der Waals surface area (Å²) in [4.78, 5) is 2.42. The number of anilines is 1. The second-order valence-corrected chi connectivity index (χ2v) is 8.07. The maximum absolute atomic E-state index is 3.69. The summed E-state index contributed by atoms with van der Waals surface area (Å²) in [6, 6.07) is 4.59. The molecule has 0 saturated carbocycles. The van der Waals surface area contributed by atoms with E-state index in [2.05, 4.69) is 74.6 Å². The van der Waals surface area contributed by atoms with Gasteiger partial charge >= 0.3 is 0 Å². The number of halogens is 1. The molecule has 0 N–H and O–H groups in total. The standard InChI is InChI=1S/C16H24BrN/c1-15(2,3)12-9-11(17)10-13-14(12)18(6)8-7-16(13,4)5/h9-10H,7-8H2,1-6H3. The summed E-state index contributed by atoms with van der Waals surface area (Å²) in [6.45, 7) is 12.7. The lowest BCUT2D eigenvalue weighted by atomic mass is 9.73. The third-order valence-electron chi connectivity index (χ3n) is 4.07. The highest BCUT2D eigenvalue weighted by atomic mass is 79.9. The normalized spacial score (nSPS) is 18.7. The van der Waals surface area contributed by atoms with Crippen LogP contribution < -0.4 is 4.90 Å². The minimum atomic E-state index is 0.176. The van der Waals surface area contributed by atoms with Gasteiger partial charge in [0.05, 0.1) is 0 Å². The first-order chi connectivity index (χ1) is 8.13. The molecule has 1 aliphatic rings. The van der Waals surface area contributed by atoms with Gasteiger partial charge in [0.15, 0.2) is 0 Å². The topological polar surface area (TPSA) is 3.24 Å². The van der Waals surface area contributed by atoms with E-state index in [1.54, 1.807) is 0 Å². The quantitative estimate of drug-likeness (QED) is 0.661. The first-order valence-electron chi connectivity index (χ1n) is 6.68. The van der Waals surface area contributed by atoms with Gasteiger partial charge < -0.3 is 4.90 Å². The smallest absolute Gasteiger partial charge is 0.0440 e. The predicted molar refractivity (Wildman–Crippen MR) is 83.8 cm³/mol. The summed E-state index contributed by atoms with van der Waals surface area (Å²) in [6.07, 6.45) is 1.22. The molecule has 0 aliphatic carbocycles. The van der Waals surface area contributed by atoms with Gasteiger partial charge in [-0.15, -0.1) is 0 Å². The van der Waals surface area contributed by atoms with E-state index < -0.39 is 0 Å². The van der Waals surface area contributed by atoms with E-state index in [1.165, 1.54) is 27.7 Å². The van der Waals surface area contributed by atoms with Crippen LogP contribution in [0.4, 0.5) is 5.69 Å². The van der Waals surface area contributed by atoms with Crippen molar-refractivity contribution in [1.29, 1.82) is 0 Å². The van der Waals surface area contributed by atoms with Gasteiger partial charge in [-0.1, -0.05) is 50.5 Å². The molecule has 1 aromatic rings. The first kappa shape index (κ1) is 13.9. The molecule has 0 aromatic heterocycles. The highest BCUT2D eigenvalue weighted by Gasteiger charge is 2.34. The molecule has 2 heteroatoms. The molecule has 18 heavy (non-hydrogen) atoms. The van der Waals surface area contributed by atoms with Gasteiger partial charge in [0.25, 0.3) is 0 Å². The summed E-state index contributed by atoms with van der Waals surface area (Å²) < 4.78 is 1.20. The molecule has 1 aliphatic heterocycles. The fourth-order valence-corrected chi connectivity index (χ4v) is 3.25. The Morgan fingerprint density at radius 3 is 2.39 bits per heavy atom. The van der Waals surface area contributed by atoms with Crippen LogP contribution in [0.3, 0.4) is 0 Å². The van der Waals surface area contributed by atoms with Crippen molar-refractivity contribution >= 4 is 21.6 Å². The van der Waals surface area contributed by atoms with Gasteiger partial charge in [-0.2, -0.15) is 0 Å². The van der Waals surface area contributed by atoms with Gasteiger partial charge in [-0.05, 0) is 40.5 Å². The largest absolute Gasteiger partial charge is 0.374 e. The van der Waals surface area contributed by atoms with Crippen LogP contribution in [-0.4, -0.2) is 13.6 Å². The first-order valence-corrected chi connectivity index (χ1v) is 7.48. The minimum absolute atomic E-state index is 0.176. The van der Waals surface area contributed by atoms with Gasteiger partial charge in [0, 0.05) is 23.8 Å². The van der Waals surface area contributed by atoms with Gasteiger partial charge in [-0.3, -0.25) is 0 Å². The molecule has 0 bridgehead atoms. The molecule has 0 radical (unpaired) electrons. The van der Waals surface area contributed by atoms with Gasteiger partial charge in [-0.25, -0.2) is 0 Å². The highest BCUT2D eigenvalue weighted by molar-refractivity contribution is 9.10. The predicted octanol–water partition coefficient (Wildman–Crippen LogP) is 4.86. The zero-order valence-electron chi connectivity index (χ0n) is 12.4. The number of hydrogen-bond donors (Lipinski definition) is 0. The highest BCUT2D eigenvalue weighted by Crippen LogP contribution is 2.45. The molecule has 0 amide bonds. The Hall–Kier alpha value is -0.500. The summed E-state index contributed by atoms with van der Waals surface area (Å²) in [5.74, 6) is 0. The molecule has 0 spiro atoms. The molecule has 0 atom stereocenters. The third kappa shape index (κ3) is 2.32. The summed E-state index contributed by atoms with van der Waals surface area (Å²) in [5.41, 5.74) is 4.82. The monoisotopic (exact) mass is 309 g/mol. The molecule has 1 nitrogen and oxygen atoms in total. The summed E-state index contributed by atoms with van der Waals surface area (Å²) in [5, 5.41) is 0. The zero-order valence-corrected chi connectivity index (χ0v) is 14.0. The Bertz CT molecular complexity index is 451. The molecule has 100 valence electrons. The van der Waals surface area contributed by atoms with Crippen LogP contribution in [0.2, 0.25) is 0 Å². The SMILES string of the molecule is CN1CCC(C)(C)c2cc(Br)cc(C(C)(C)C)c21. The Morgan fingerprint density at radius 2 is 1.83 bits per heavy atom. The van der Waals surface area contributed by atoms with Gasteiger partial charge in [0.1, 0.15) is 0 Å². The number of benzene rings is 1. The van der Waals surface area contributed by atoms with E-state index >= 15 is 0 Å². The lowest BCUT2D eigenvalue weighted by molar-refractivity contribution is 0.456. The van der Waals surface area contributed by atoms with Gasteiger partial charge in [0.2, 0.25) is 0 Å². The van der Waals surface area contributed by atoms with Crippen molar-refractivity contribution < 1.29 is 0 Å². The van der Waals surface area contributed by atoms with Crippen molar-refractivity contribution in [2.24, 2.45) is 0 Å². The second kappa shape index (κ2) is 4.26. The lowest BCUT2D eigenvalue weighted by Gasteiger charge is -2.42. The Kier molecular flexibility index (Phi) is 3.30. The maximum atomic E-state index is 3.69. The van der Waals surface area contributed by atoms with E-state index in [4.69, 9.17) is 0 Å². The Balaban J connectivity index is 2.75. The fourth-order valence-electron chi connectivity index (χ4n) is 2.79. The molecule has 0 saturated heterocycles. The van der Waals surface area contributed by atoms with Crippen LogP contribution in [0.15, 0.2) is 16.6 Å². The molecule has 1 heterocycles. The number of fused-ring (bicyclic) bond motifs is 1. The van der Waals surface area contributed by atoms with Crippen molar-refractivity contribution in [2.45, 2.75) is 51.9 Å². The minimum Gasteiger partial charge on any atom is -0.374 e. The number of rotatable bonds is 0. The number of hydrogen-bond acceptors (Lipinski definition) is 1.